The van der Waals surface area contributed by atoms with Crippen LogP contribution in [0.4, 0.5) is 4.79 Å². The quantitative estimate of drug-likeness (QED) is 0.848. The molecule has 3 rings (SSSR count). The van der Waals surface area contributed by atoms with Gasteiger partial charge in [0.1, 0.15) is 5.54 Å². The van der Waals surface area contributed by atoms with Gasteiger partial charge in [0.25, 0.3) is 5.91 Å². The van der Waals surface area contributed by atoms with Crippen molar-refractivity contribution in [2.45, 2.75) is 18.5 Å². The zero-order chi connectivity index (χ0) is 14.3. The summed E-state index contributed by atoms with van der Waals surface area (Å²) in [7, 11) is 0. The Morgan fingerprint density at radius 3 is 2.80 bits per heavy atom. The summed E-state index contributed by atoms with van der Waals surface area (Å²) in [6.07, 6.45) is 0.688. The van der Waals surface area contributed by atoms with E-state index >= 15 is 0 Å². The number of nitrogens with one attached hydrogen (secondary N) is 1. The molecule has 2 aliphatic rings. The van der Waals surface area contributed by atoms with E-state index < -0.39 is 5.54 Å². The summed E-state index contributed by atoms with van der Waals surface area (Å²) in [6, 6.07) is 4.70. The molecule has 1 aromatic carbocycles. The number of benzene rings is 1. The highest BCUT2D eigenvalue weighted by Gasteiger charge is 2.52. The van der Waals surface area contributed by atoms with Gasteiger partial charge in [0.15, 0.2) is 0 Å². The van der Waals surface area contributed by atoms with E-state index in [1.165, 1.54) is 4.90 Å². The number of nitrogens with zero attached hydrogens (tertiary/aromatic N) is 1. The van der Waals surface area contributed by atoms with E-state index in [0.717, 1.165) is 5.75 Å². The minimum absolute atomic E-state index is 0.154. The Kier molecular flexibility index (Phi) is 3.60. The van der Waals surface area contributed by atoms with Crippen molar-refractivity contribution in [3.05, 3.63) is 33.8 Å². The van der Waals surface area contributed by atoms with Gasteiger partial charge in [-0.1, -0.05) is 29.3 Å². The first-order valence-corrected chi connectivity index (χ1v) is 8.09. The summed E-state index contributed by atoms with van der Waals surface area (Å²) in [5.74, 6) is 1.38. The average Bonchev–Trinajstić information content (AvgIpc) is 2.94. The minimum Gasteiger partial charge on any atom is -0.322 e. The lowest BCUT2D eigenvalue weighted by Gasteiger charge is -2.19. The highest BCUT2D eigenvalue weighted by atomic mass is 35.5. The van der Waals surface area contributed by atoms with Crippen LogP contribution in [-0.4, -0.2) is 33.9 Å². The second-order valence-corrected chi connectivity index (χ2v) is 6.89. The molecule has 1 aromatic rings. The molecule has 0 saturated carbocycles. The van der Waals surface area contributed by atoms with Crippen molar-refractivity contribution in [1.29, 1.82) is 0 Å². The smallest absolute Gasteiger partial charge is 0.322 e. The summed E-state index contributed by atoms with van der Waals surface area (Å²) >= 11 is 13.6. The highest BCUT2D eigenvalue weighted by Crippen LogP contribution is 2.34. The standard InChI is InChI=1S/C13H12Cl2N2O2S/c14-9-2-1-8(10(15)5-9)6-17-11(18)13(16-12(17)19)3-4-20-7-13/h1-2,5H,3-4,6-7H2,(H,16,19). The number of thioether (sulfide) groups is 1. The number of carbonyl (C=O) groups excluding carboxylic acids is 2. The number of hydrogen-bond donors (Lipinski definition) is 1. The van der Waals surface area contributed by atoms with Gasteiger partial charge in [0.2, 0.25) is 0 Å². The lowest BCUT2D eigenvalue weighted by molar-refractivity contribution is -0.130. The number of amides is 3. The number of rotatable bonds is 2. The van der Waals surface area contributed by atoms with Crippen LogP contribution in [0.1, 0.15) is 12.0 Å². The van der Waals surface area contributed by atoms with Crippen LogP contribution in [0, 0.1) is 0 Å². The molecule has 0 radical (unpaired) electrons. The fourth-order valence-corrected chi connectivity index (χ4v) is 4.27. The van der Waals surface area contributed by atoms with Crippen LogP contribution < -0.4 is 5.32 Å². The molecule has 20 heavy (non-hydrogen) atoms. The number of urea groups is 1. The number of imide groups is 1. The first-order valence-electron chi connectivity index (χ1n) is 6.18. The normalized spacial score (nSPS) is 25.6. The van der Waals surface area contributed by atoms with Gasteiger partial charge in [-0.25, -0.2) is 4.79 Å². The maximum absolute atomic E-state index is 12.5. The van der Waals surface area contributed by atoms with Crippen molar-refractivity contribution in [3.63, 3.8) is 0 Å². The first kappa shape index (κ1) is 14.0. The second-order valence-electron chi connectivity index (χ2n) is 4.94. The molecule has 4 nitrogen and oxygen atoms in total. The van der Waals surface area contributed by atoms with Crippen LogP contribution in [0.2, 0.25) is 10.0 Å². The summed E-state index contributed by atoms with van der Waals surface area (Å²) in [4.78, 5) is 25.8. The summed E-state index contributed by atoms with van der Waals surface area (Å²) in [5.41, 5.74) is 0.00275. The second kappa shape index (κ2) is 5.13. The Morgan fingerprint density at radius 2 is 2.15 bits per heavy atom. The van der Waals surface area contributed by atoms with Crippen LogP contribution in [0.3, 0.4) is 0 Å². The molecule has 2 fully saturated rings. The van der Waals surface area contributed by atoms with E-state index in [0.29, 0.717) is 27.8 Å². The van der Waals surface area contributed by atoms with Gasteiger partial charge in [0.05, 0.1) is 6.54 Å². The number of hydrogen-bond acceptors (Lipinski definition) is 3. The van der Waals surface area contributed by atoms with Gasteiger partial charge in [-0.05, 0) is 29.9 Å². The summed E-state index contributed by atoms with van der Waals surface area (Å²) in [5, 5.41) is 3.81. The van der Waals surface area contributed by atoms with Gasteiger partial charge in [-0.3, -0.25) is 9.69 Å². The number of carbonyl (C=O) groups is 2. The van der Waals surface area contributed by atoms with Gasteiger partial charge < -0.3 is 5.32 Å². The zero-order valence-corrected chi connectivity index (χ0v) is 12.8. The monoisotopic (exact) mass is 330 g/mol. The Bertz CT molecular complexity index is 588. The van der Waals surface area contributed by atoms with Crippen LogP contribution >= 0.6 is 35.0 Å². The first-order chi connectivity index (χ1) is 9.52. The number of halogens is 2. The van der Waals surface area contributed by atoms with Crippen LogP contribution in [-0.2, 0) is 11.3 Å². The predicted molar refractivity (Wildman–Crippen MR) is 80.2 cm³/mol. The van der Waals surface area contributed by atoms with Gasteiger partial charge >= 0.3 is 6.03 Å². The topological polar surface area (TPSA) is 49.4 Å². The molecular formula is C13H12Cl2N2O2S. The summed E-state index contributed by atoms with van der Waals surface area (Å²) in [6.45, 7) is 0.174. The minimum atomic E-state index is -0.708. The largest absolute Gasteiger partial charge is 0.325 e. The molecule has 1 N–H and O–H groups in total. The van der Waals surface area contributed by atoms with E-state index in [1.54, 1.807) is 30.0 Å². The van der Waals surface area contributed by atoms with Crippen LogP contribution in [0.5, 0.6) is 0 Å². The molecule has 0 aliphatic carbocycles. The van der Waals surface area contributed by atoms with Crippen LogP contribution in [0.25, 0.3) is 0 Å². The molecule has 2 saturated heterocycles. The Labute approximate surface area is 130 Å². The molecule has 2 heterocycles. The van der Waals surface area contributed by atoms with Gasteiger partial charge in [0, 0.05) is 15.8 Å². The molecule has 2 aliphatic heterocycles. The van der Waals surface area contributed by atoms with E-state index in [4.69, 9.17) is 23.2 Å². The Hall–Kier alpha value is -0.910. The van der Waals surface area contributed by atoms with Crippen molar-refractivity contribution in [2.75, 3.05) is 11.5 Å². The average molecular weight is 331 g/mol. The van der Waals surface area contributed by atoms with Crippen molar-refractivity contribution in [1.82, 2.24) is 10.2 Å². The molecule has 3 amide bonds. The third kappa shape index (κ3) is 2.28. The molecule has 0 bridgehead atoms. The zero-order valence-electron chi connectivity index (χ0n) is 10.5. The predicted octanol–water partition coefficient (Wildman–Crippen LogP) is 2.92. The van der Waals surface area contributed by atoms with Gasteiger partial charge in [-0.15, -0.1) is 0 Å². The van der Waals surface area contributed by atoms with Crippen LogP contribution in [0.15, 0.2) is 18.2 Å². The van der Waals surface area contributed by atoms with E-state index in [2.05, 4.69) is 5.32 Å². The molecular weight excluding hydrogens is 319 g/mol. The highest BCUT2D eigenvalue weighted by molar-refractivity contribution is 7.99. The van der Waals surface area contributed by atoms with E-state index in [-0.39, 0.29) is 18.5 Å². The van der Waals surface area contributed by atoms with Gasteiger partial charge in [-0.2, -0.15) is 11.8 Å². The molecule has 7 heteroatoms. The Balaban J connectivity index is 1.84. The lowest BCUT2D eigenvalue weighted by Crippen LogP contribution is -2.46. The fourth-order valence-electron chi connectivity index (χ4n) is 2.47. The van der Waals surface area contributed by atoms with Crippen molar-refractivity contribution < 1.29 is 9.59 Å². The third-order valence-corrected chi connectivity index (χ3v) is 5.39. The molecule has 1 atom stereocenters. The van der Waals surface area contributed by atoms with Crippen molar-refractivity contribution in [2.24, 2.45) is 0 Å². The SMILES string of the molecule is O=C1NC2(CCSC2)C(=O)N1Cc1ccc(Cl)cc1Cl. The van der Waals surface area contributed by atoms with E-state index in [9.17, 15) is 9.59 Å². The summed E-state index contributed by atoms with van der Waals surface area (Å²) < 4.78 is 0. The maximum atomic E-state index is 12.5. The van der Waals surface area contributed by atoms with Crippen molar-refractivity contribution >= 4 is 46.9 Å². The molecule has 1 unspecified atom stereocenters. The van der Waals surface area contributed by atoms with Crippen molar-refractivity contribution in [3.8, 4) is 0 Å². The van der Waals surface area contributed by atoms with E-state index in [1.807, 2.05) is 0 Å². The lowest BCUT2D eigenvalue weighted by atomic mass is 9.99. The molecule has 0 aromatic heterocycles. The molecule has 106 valence electrons. The maximum Gasteiger partial charge on any atom is 0.325 e. The fraction of sp³-hybridized carbons (Fsp3) is 0.385. The molecule has 1 spiro atoms. The third-order valence-electron chi connectivity index (χ3n) is 3.61. The Morgan fingerprint density at radius 1 is 1.35 bits per heavy atom.